The summed E-state index contributed by atoms with van der Waals surface area (Å²) in [5.41, 5.74) is 13.4. The van der Waals surface area contributed by atoms with Crippen LogP contribution in [0.5, 0.6) is 0 Å². The first-order chi connectivity index (χ1) is 8.95. The summed E-state index contributed by atoms with van der Waals surface area (Å²) in [6.07, 6.45) is 0. The summed E-state index contributed by atoms with van der Waals surface area (Å²) in [5.74, 6) is 0.673. The molecule has 2 aromatic rings. The smallest absolute Gasteiger partial charge is 0.237 e. The highest BCUT2D eigenvalue weighted by molar-refractivity contribution is 5.83. The first-order valence-corrected chi connectivity index (χ1v) is 6.24. The number of imidazole rings is 1. The summed E-state index contributed by atoms with van der Waals surface area (Å²) in [5, 5.41) is 0. The molecule has 0 bridgehead atoms. The van der Waals surface area contributed by atoms with Gasteiger partial charge in [0.25, 0.3) is 0 Å². The molecule has 0 radical (unpaired) electrons. The van der Waals surface area contributed by atoms with Crippen molar-refractivity contribution in [3.8, 4) is 0 Å². The third-order valence-corrected chi connectivity index (χ3v) is 2.73. The Morgan fingerprint density at radius 1 is 1.47 bits per heavy atom. The number of nitrogens with one attached hydrogen (secondary N) is 1. The van der Waals surface area contributed by atoms with Crippen LogP contribution in [0.1, 0.15) is 13.8 Å². The number of rotatable bonds is 5. The Morgan fingerprint density at radius 3 is 2.84 bits per heavy atom. The minimum absolute atomic E-state index is 0.146. The fourth-order valence-electron chi connectivity index (χ4n) is 2.02. The zero-order valence-corrected chi connectivity index (χ0v) is 11.2. The Kier molecular flexibility index (Phi) is 3.59. The van der Waals surface area contributed by atoms with Crippen LogP contribution in [0.4, 0.5) is 11.6 Å². The number of hydrogen-bond donors (Lipinski definition) is 3. The molecule has 0 unspecified atom stereocenters. The number of primary amides is 1. The van der Waals surface area contributed by atoms with Gasteiger partial charge in [-0.25, -0.2) is 4.98 Å². The fraction of sp³-hybridized carbons (Fsp3) is 0.385. The molecule has 0 aliphatic heterocycles. The molecule has 1 amide bonds. The number of aromatic amines is 1. The zero-order valence-electron chi connectivity index (χ0n) is 11.2. The quantitative estimate of drug-likeness (QED) is 0.701. The third-order valence-electron chi connectivity index (χ3n) is 2.73. The number of nitrogens with zero attached hydrogens (tertiary/aromatic N) is 2. The average molecular weight is 261 g/mol. The molecule has 0 spiro atoms. The monoisotopic (exact) mass is 261 g/mol. The molecule has 1 aromatic carbocycles. The Morgan fingerprint density at radius 2 is 2.21 bits per heavy atom. The lowest BCUT2D eigenvalue weighted by Crippen LogP contribution is -2.36. The van der Waals surface area contributed by atoms with E-state index in [0.717, 1.165) is 11.0 Å². The van der Waals surface area contributed by atoms with E-state index in [2.05, 4.69) is 23.8 Å². The van der Waals surface area contributed by atoms with E-state index in [1.54, 1.807) is 6.07 Å². The van der Waals surface area contributed by atoms with E-state index in [1.165, 1.54) is 0 Å². The number of nitrogens with two attached hydrogens (primary N) is 2. The fourth-order valence-corrected chi connectivity index (χ4v) is 2.02. The molecular weight excluding hydrogens is 242 g/mol. The molecular formula is C13H19N5O. The van der Waals surface area contributed by atoms with E-state index in [9.17, 15) is 4.79 Å². The summed E-state index contributed by atoms with van der Waals surface area (Å²) in [7, 11) is 0. The van der Waals surface area contributed by atoms with Crippen molar-refractivity contribution < 1.29 is 4.79 Å². The largest absolute Gasteiger partial charge is 0.399 e. The molecule has 19 heavy (non-hydrogen) atoms. The highest BCUT2D eigenvalue weighted by Crippen LogP contribution is 2.20. The lowest BCUT2D eigenvalue weighted by Gasteiger charge is -2.22. The molecule has 0 fully saturated rings. The first kappa shape index (κ1) is 13.2. The molecule has 0 saturated carbocycles. The van der Waals surface area contributed by atoms with Gasteiger partial charge in [0.05, 0.1) is 17.6 Å². The van der Waals surface area contributed by atoms with Gasteiger partial charge in [-0.3, -0.25) is 4.79 Å². The summed E-state index contributed by atoms with van der Waals surface area (Å²) in [6, 6.07) is 5.47. The minimum atomic E-state index is -0.374. The van der Waals surface area contributed by atoms with Crippen LogP contribution in [-0.4, -0.2) is 29.0 Å². The van der Waals surface area contributed by atoms with Crippen LogP contribution in [0, 0.1) is 5.92 Å². The summed E-state index contributed by atoms with van der Waals surface area (Å²) in [4.78, 5) is 20.6. The molecule has 6 nitrogen and oxygen atoms in total. The van der Waals surface area contributed by atoms with Crippen LogP contribution in [0.15, 0.2) is 18.2 Å². The van der Waals surface area contributed by atoms with E-state index in [4.69, 9.17) is 11.5 Å². The SMILES string of the molecule is CC(C)CN(CC(N)=O)c1nc2ccc(N)cc2[nH]1. The van der Waals surface area contributed by atoms with Gasteiger partial charge < -0.3 is 21.4 Å². The predicted molar refractivity (Wildman–Crippen MR) is 76.8 cm³/mol. The van der Waals surface area contributed by atoms with Crippen LogP contribution >= 0.6 is 0 Å². The number of carbonyl (C=O) groups excluding carboxylic acids is 1. The van der Waals surface area contributed by atoms with Gasteiger partial charge >= 0.3 is 0 Å². The standard InChI is InChI=1S/C13H19N5O/c1-8(2)6-18(7-12(15)19)13-16-10-4-3-9(14)5-11(10)17-13/h3-5,8H,6-7,14H2,1-2H3,(H2,15,19)(H,16,17). The summed E-state index contributed by atoms with van der Waals surface area (Å²) in [6.45, 7) is 5.01. The number of carbonyl (C=O) groups is 1. The first-order valence-electron chi connectivity index (χ1n) is 6.24. The number of hydrogen-bond acceptors (Lipinski definition) is 4. The van der Waals surface area contributed by atoms with Gasteiger partial charge in [0, 0.05) is 12.2 Å². The Labute approximate surface area is 111 Å². The van der Waals surface area contributed by atoms with Crippen LogP contribution in [-0.2, 0) is 4.79 Å². The van der Waals surface area contributed by atoms with Crippen molar-refractivity contribution >= 4 is 28.6 Å². The second-order valence-corrected chi connectivity index (χ2v) is 5.08. The molecule has 6 heteroatoms. The maximum atomic E-state index is 11.2. The highest BCUT2D eigenvalue weighted by atomic mass is 16.1. The van der Waals surface area contributed by atoms with Crippen LogP contribution in [0.2, 0.25) is 0 Å². The van der Waals surface area contributed by atoms with Crippen molar-refractivity contribution in [1.29, 1.82) is 0 Å². The van der Waals surface area contributed by atoms with Crippen molar-refractivity contribution in [1.82, 2.24) is 9.97 Å². The third kappa shape index (κ3) is 3.15. The van der Waals surface area contributed by atoms with Crippen LogP contribution < -0.4 is 16.4 Å². The van der Waals surface area contributed by atoms with Crippen molar-refractivity contribution in [2.75, 3.05) is 23.7 Å². The second-order valence-electron chi connectivity index (χ2n) is 5.08. The molecule has 1 heterocycles. The molecule has 5 N–H and O–H groups in total. The molecule has 1 aromatic heterocycles. The minimum Gasteiger partial charge on any atom is -0.399 e. The number of benzene rings is 1. The van der Waals surface area contributed by atoms with Crippen molar-refractivity contribution in [2.45, 2.75) is 13.8 Å². The van der Waals surface area contributed by atoms with Gasteiger partial charge in [0.1, 0.15) is 0 Å². The van der Waals surface area contributed by atoms with E-state index < -0.39 is 0 Å². The summed E-state index contributed by atoms with van der Waals surface area (Å²) < 4.78 is 0. The van der Waals surface area contributed by atoms with Gasteiger partial charge in [-0.2, -0.15) is 0 Å². The number of nitrogen functional groups attached to an aromatic ring is 1. The number of fused-ring (bicyclic) bond motifs is 1. The Balaban J connectivity index is 2.34. The number of amides is 1. The van der Waals surface area contributed by atoms with Crippen LogP contribution in [0.25, 0.3) is 11.0 Å². The number of aromatic nitrogens is 2. The summed E-state index contributed by atoms with van der Waals surface area (Å²) >= 11 is 0. The van der Waals surface area contributed by atoms with Crippen LogP contribution in [0.3, 0.4) is 0 Å². The average Bonchev–Trinajstić information content (AvgIpc) is 2.69. The Bertz CT molecular complexity index is 590. The van der Waals surface area contributed by atoms with Gasteiger partial charge in [-0.05, 0) is 24.1 Å². The molecule has 102 valence electrons. The van der Waals surface area contributed by atoms with Gasteiger partial charge in [-0.1, -0.05) is 13.8 Å². The number of H-pyrrole nitrogens is 1. The van der Waals surface area contributed by atoms with Crippen molar-refractivity contribution in [3.63, 3.8) is 0 Å². The Hall–Kier alpha value is -2.24. The van der Waals surface area contributed by atoms with Crippen molar-refractivity contribution in [3.05, 3.63) is 18.2 Å². The maximum Gasteiger partial charge on any atom is 0.237 e. The van der Waals surface area contributed by atoms with Gasteiger partial charge in [0.2, 0.25) is 11.9 Å². The van der Waals surface area contributed by atoms with E-state index in [-0.39, 0.29) is 12.5 Å². The second kappa shape index (κ2) is 5.17. The molecule has 0 aliphatic rings. The van der Waals surface area contributed by atoms with Crippen molar-refractivity contribution in [2.24, 2.45) is 11.7 Å². The molecule has 0 atom stereocenters. The number of anilines is 2. The normalized spacial score (nSPS) is 11.1. The van der Waals surface area contributed by atoms with Gasteiger partial charge in [0.15, 0.2) is 0 Å². The lowest BCUT2D eigenvalue weighted by molar-refractivity contribution is -0.116. The van der Waals surface area contributed by atoms with E-state index in [1.807, 2.05) is 17.0 Å². The topological polar surface area (TPSA) is 101 Å². The lowest BCUT2D eigenvalue weighted by atomic mass is 10.2. The molecule has 2 rings (SSSR count). The zero-order chi connectivity index (χ0) is 14.0. The van der Waals surface area contributed by atoms with E-state index in [0.29, 0.717) is 24.1 Å². The maximum absolute atomic E-state index is 11.2. The van der Waals surface area contributed by atoms with Gasteiger partial charge in [-0.15, -0.1) is 0 Å². The molecule has 0 saturated heterocycles. The predicted octanol–water partition coefficient (Wildman–Crippen LogP) is 1.09. The highest BCUT2D eigenvalue weighted by Gasteiger charge is 2.15. The molecule has 0 aliphatic carbocycles. The van der Waals surface area contributed by atoms with E-state index >= 15 is 0 Å².